The number of rotatable bonds is 4. The fourth-order valence-corrected chi connectivity index (χ4v) is 3.92. The summed E-state index contributed by atoms with van der Waals surface area (Å²) >= 11 is 0. The molecule has 0 aliphatic carbocycles. The zero-order valence-electron chi connectivity index (χ0n) is 17.4. The van der Waals surface area contributed by atoms with Gasteiger partial charge >= 0.3 is 0 Å². The number of likely N-dealkylation sites (tertiary alicyclic amines) is 1. The van der Waals surface area contributed by atoms with E-state index in [0.29, 0.717) is 31.2 Å². The molecule has 1 unspecified atom stereocenters. The molecule has 2 aromatic rings. The van der Waals surface area contributed by atoms with Crippen LogP contribution in [0, 0.1) is 0 Å². The van der Waals surface area contributed by atoms with Crippen LogP contribution in [0.5, 0.6) is 0 Å². The lowest BCUT2D eigenvalue weighted by Gasteiger charge is -2.33. The number of hydrogen-bond donors (Lipinski definition) is 0. The number of anilines is 1. The summed E-state index contributed by atoms with van der Waals surface area (Å²) in [6.07, 6.45) is 3.59. The normalized spacial score (nSPS) is 21.0. The number of piperidine rings is 1. The van der Waals surface area contributed by atoms with Crippen LogP contribution in [0.15, 0.2) is 22.9 Å². The van der Waals surface area contributed by atoms with Crippen molar-refractivity contribution in [2.45, 2.75) is 51.6 Å². The molecule has 4 heterocycles. The Morgan fingerprint density at radius 1 is 1.24 bits per heavy atom. The monoisotopic (exact) mass is 399 g/mol. The largest absolute Gasteiger partial charge is 0.375 e. The minimum absolute atomic E-state index is 0.0596. The van der Waals surface area contributed by atoms with E-state index >= 15 is 0 Å². The average molecular weight is 399 g/mol. The third-order valence-corrected chi connectivity index (χ3v) is 5.66. The molecule has 2 aliphatic heterocycles. The van der Waals surface area contributed by atoms with Gasteiger partial charge in [0.1, 0.15) is 5.82 Å². The second kappa shape index (κ2) is 8.49. The Hall–Kier alpha value is -2.48. The highest BCUT2D eigenvalue weighted by atomic mass is 16.5. The van der Waals surface area contributed by atoms with Crippen molar-refractivity contribution in [2.24, 2.45) is 0 Å². The van der Waals surface area contributed by atoms with Gasteiger partial charge in [0.2, 0.25) is 5.89 Å². The van der Waals surface area contributed by atoms with Gasteiger partial charge in [0, 0.05) is 49.8 Å². The van der Waals surface area contributed by atoms with Crippen LogP contribution >= 0.6 is 0 Å². The summed E-state index contributed by atoms with van der Waals surface area (Å²) in [5.41, 5.74) is 0.689. The lowest BCUT2D eigenvalue weighted by molar-refractivity contribution is 0.0529. The van der Waals surface area contributed by atoms with Crippen molar-refractivity contribution in [3.05, 3.63) is 35.6 Å². The number of carbonyl (C=O) groups excluding carboxylic acids is 1. The standard InChI is InChI=1S/C21H29N5O3/c1-14(2)20-23-19(24-29-20)16-5-8-25(9-6-16)21(27)17-4-7-22-18(12-17)26-10-11-28-15(3)13-26/h4,7,12,14-16H,5-6,8-11,13H2,1-3H3. The summed E-state index contributed by atoms with van der Waals surface area (Å²) in [5.74, 6) is 2.83. The second-order valence-corrected chi connectivity index (χ2v) is 8.24. The topological polar surface area (TPSA) is 84.6 Å². The van der Waals surface area contributed by atoms with Crippen LogP contribution in [-0.4, -0.2) is 64.8 Å². The maximum Gasteiger partial charge on any atom is 0.254 e. The predicted molar refractivity (Wildman–Crippen MR) is 108 cm³/mol. The summed E-state index contributed by atoms with van der Waals surface area (Å²) in [6.45, 7) is 9.80. The molecule has 0 radical (unpaired) electrons. The van der Waals surface area contributed by atoms with Crippen LogP contribution in [-0.2, 0) is 4.74 Å². The third kappa shape index (κ3) is 4.42. The van der Waals surface area contributed by atoms with E-state index in [0.717, 1.165) is 37.6 Å². The predicted octanol–water partition coefficient (Wildman–Crippen LogP) is 2.83. The van der Waals surface area contributed by atoms with Crippen molar-refractivity contribution in [3.63, 3.8) is 0 Å². The molecule has 4 rings (SSSR count). The molecule has 8 nitrogen and oxygen atoms in total. The minimum Gasteiger partial charge on any atom is -0.375 e. The van der Waals surface area contributed by atoms with Crippen LogP contribution in [0.4, 0.5) is 5.82 Å². The Bertz CT molecular complexity index is 844. The van der Waals surface area contributed by atoms with Gasteiger partial charge in [-0.15, -0.1) is 0 Å². The zero-order chi connectivity index (χ0) is 20.4. The fraction of sp³-hybridized carbons (Fsp3) is 0.619. The Morgan fingerprint density at radius 2 is 2.03 bits per heavy atom. The van der Waals surface area contributed by atoms with Gasteiger partial charge in [-0.25, -0.2) is 4.98 Å². The van der Waals surface area contributed by atoms with Crippen molar-refractivity contribution in [3.8, 4) is 0 Å². The smallest absolute Gasteiger partial charge is 0.254 e. The third-order valence-electron chi connectivity index (χ3n) is 5.66. The maximum absolute atomic E-state index is 13.0. The Kier molecular flexibility index (Phi) is 5.80. The number of aromatic nitrogens is 3. The first-order valence-electron chi connectivity index (χ1n) is 10.5. The number of nitrogens with zero attached hydrogens (tertiary/aromatic N) is 5. The van der Waals surface area contributed by atoms with E-state index < -0.39 is 0 Å². The summed E-state index contributed by atoms with van der Waals surface area (Å²) in [5, 5.41) is 4.15. The van der Waals surface area contributed by atoms with Gasteiger partial charge in [-0.2, -0.15) is 4.98 Å². The molecule has 0 spiro atoms. The molecule has 0 bridgehead atoms. The molecule has 2 aliphatic rings. The molecule has 1 atom stereocenters. The van der Waals surface area contributed by atoms with Crippen LogP contribution in [0.2, 0.25) is 0 Å². The van der Waals surface area contributed by atoms with Crippen molar-refractivity contribution in [1.82, 2.24) is 20.0 Å². The first-order chi connectivity index (χ1) is 14.0. The van der Waals surface area contributed by atoms with Crippen molar-refractivity contribution < 1.29 is 14.1 Å². The van der Waals surface area contributed by atoms with Crippen LogP contribution in [0.3, 0.4) is 0 Å². The van der Waals surface area contributed by atoms with E-state index in [1.54, 1.807) is 12.3 Å². The van der Waals surface area contributed by atoms with Crippen LogP contribution in [0.1, 0.15) is 67.5 Å². The number of morpholine rings is 1. The molecular formula is C21H29N5O3. The minimum atomic E-state index is 0.0596. The van der Waals surface area contributed by atoms with Gasteiger partial charge in [0.15, 0.2) is 5.82 Å². The molecule has 2 saturated heterocycles. The Labute approximate surface area is 171 Å². The van der Waals surface area contributed by atoms with E-state index in [9.17, 15) is 4.79 Å². The highest BCUT2D eigenvalue weighted by Crippen LogP contribution is 2.28. The summed E-state index contributed by atoms with van der Waals surface area (Å²) < 4.78 is 10.9. The highest BCUT2D eigenvalue weighted by molar-refractivity contribution is 5.95. The number of amides is 1. The maximum atomic E-state index is 13.0. The second-order valence-electron chi connectivity index (χ2n) is 8.24. The molecular weight excluding hydrogens is 370 g/mol. The summed E-state index contributed by atoms with van der Waals surface area (Å²) in [7, 11) is 0. The van der Waals surface area contributed by atoms with Gasteiger partial charge in [-0.05, 0) is 31.9 Å². The van der Waals surface area contributed by atoms with Gasteiger partial charge in [0.05, 0.1) is 12.7 Å². The lowest BCUT2D eigenvalue weighted by atomic mass is 9.95. The zero-order valence-corrected chi connectivity index (χ0v) is 17.4. The summed E-state index contributed by atoms with van der Waals surface area (Å²) in [6, 6.07) is 3.70. The Balaban J connectivity index is 1.38. The molecule has 0 N–H and O–H groups in total. The van der Waals surface area contributed by atoms with E-state index in [1.165, 1.54) is 0 Å². The number of hydrogen-bond acceptors (Lipinski definition) is 7. The molecule has 8 heteroatoms. The number of carbonyl (C=O) groups is 1. The fourth-order valence-electron chi connectivity index (χ4n) is 3.92. The molecule has 0 saturated carbocycles. The Morgan fingerprint density at radius 3 is 2.72 bits per heavy atom. The van der Waals surface area contributed by atoms with Crippen molar-refractivity contribution in [1.29, 1.82) is 0 Å². The number of pyridine rings is 1. The van der Waals surface area contributed by atoms with Gasteiger partial charge in [-0.3, -0.25) is 4.79 Å². The first kappa shape index (κ1) is 19.8. The highest BCUT2D eigenvalue weighted by Gasteiger charge is 2.28. The average Bonchev–Trinajstić information content (AvgIpc) is 3.24. The molecule has 0 aromatic carbocycles. The lowest BCUT2D eigenvalue weighted by Crippen LogP contribution is -2.42. The molecule has 29 heavy (non-hydrogen) atoms. The molecule has 1 amide bonds. The van der Waals surface area contributed by atoms with E-state index in [-0.39, 0.29) is 23.8 Å². The molecule has 2 aromatic heterocycles. The van der Waals surface area contributed by atoms with Gasteiger partial charge in [0.25, 0.3) is 5.91 Å². The van der Waals surface area contributed by atoms with Crippen molar-refractivity contribution >= 4 is 11.7 Å². The quantitative estimate of drug-likeness (QED) is 0.781. The van der Waals surface area contributed by atoms with Gasteiger partial charge < -0.3 is 19.1 Å². The molecule has 156 valence electrons. The van der Waals surface area contributed by atoms with Crippen LogP contribution < -0.4 is 4.90 Å². The van der Waals surface area contributed by atoms with E-state index in [2.05, 4.69) is 26.9 Å². The summed E-state index contributed by atoms with van der Waals surface area (Å²) in [4.78, 5) is 26.1. The van der Waals surface area contributed by atoms with Gasteiger partial charge in [-0.1, -0.05) is 19.0 Å². The first-order valence-corrected chi connectivity index (χ1v) is 10.5. The van der Waals surface area contributed by atoms with E-state index in [4.69, 9.17) is 9.26 Å². The van der Waals surface area contributed by atoms with E-state index in [1.807, 2.05) is 24.8 Å². The molecule has 2 fully saturated rings. The number of ether oxygens (including phenoxy) is 1. The SMILES string of the molecule is CC1CN(c2cc(C(=O)N3CCC(c4noc(C(C)C)n4)CC3)ccn2)CCO1. The van der Waals surface area contributed by atoms with Crippen LogP contribution in [0.25, 0.3) is 0 Å². The van der Waals surface area contributed by atoms with Crippen molar-refractivity contribution in [2.75, 3.05) is 37.7 Å².